The lowest BCUT2D eigenvalue weighted by Crippen LogP contribution is -2.18. The number of halogens is 1. The molecule has 0 unspecified atom stereocenters. The van der Waals surface area contributed by atoms with E-state index in [1.165, 1.54) is 43.5 Å². The molecule has 1 saturated carbocycles. The third-order valence-electron chi connectivity index (χ3n) is 3.40. The van der Waals surface area contributed by atoms with Gasteiger partial charge in [0.15, 0.2) is 5.78 Å². The van der Waals surface area contributed by atoms with E-state index in [-0.39, 0.29) is 11.6 Å². The fourth-order valence-electron chi connectivity index (χ4n) is 2.33. The number of benzene rings is 1. The summed E-state index contributed by atoms with van der Waals surface area (Å²) in [5.41, 5.74) is 0.559. The van der Waals surface area contributed by atoms with Crippen LogP contribution in [0.25, 0.3) is 0 Å². The fourth-order valence-corrected chi connectivity index (χ4v) is 2.33. The van der Waals surface area contributed by atoms with Crippen molar-refractivity contribution in [1.29, 1.82) is 0 Å². The molecule has 1 aliphatic rings. The molecule has 0 bridgehead atoms. The molecule has 1 fully saturated rings. The minimum atomic E-state index is -0.315. The van der Waals surface area contributed by atoms with Crippen molar-refractivity contribution in [3.05, 3.63) is 35.6 Å². The molecule has 1 aliphatic carbocycles. The SMILES string of the molecule is O=C(CCOC1CCCCC1)c1ccc(F)cc1. The van der Waals surface area contributed by atoms with Crippen LogP contribution >= 0.6 is 0 Å². The fraction of sp³-hybridized carbons (Fsp3) is 0.533. The van der Waals surface area contributed by atoms with Crippen LogP contribution in [0.15, 0.2) is 24.3 Å². The zero-order chi connectivity index (χ0) is 12.8. The van der Waals surface area contributed by atoms with Gasteiger partial charge in [0.25, 0.3) is 0 Å². The van der Waals surface area contributed by atoms with E-state index in [1.54, 1.807) is 0 Å². The standard InChI is InChI=1S/C15H19FO2/c16-13-8-6-12(7-9-13)15(17)10-11-18-14-4-2-1-3-5-14/h6-9,14H,1-5,10-11H2. The first-order valence-corrected chi connectivity index (χ1v) is 6.66. The first-order valence-electron chi connectivity index (χ1n) is 6.66. The number of hydrogen-bond donors (Lipinski definition) is 0. The molecule has 0 spiro atoms. The molecule has 0 aromatic heterocycles. The van der Waals surface area contributed by atoms with Crippen molar-refractivity contribution in [1.82, 2.24) is 0 Å². The number of hydrogen-bond acceptors (Lipinski definition) is 2. The van der Waals surface area contributed by atoms with Crippen LogP contribution in [0, 0.1) is 5.82 Å². The molecular weight excluding hydrogens is 231 g/mol. The Bertz CT molecular complexity index is 380. The average Bonchev–Trinajstić information content (AvgIpc) is 2.40. The van der Waals surface area contributed by atoms with Crippen LogP contribution in [0.1, 0.15) is 48.9 Å². The van der Waals surface area contributed by atoms with Crippen molar-refractivity contribution in [3.8, 4) is 0 Å². The van der Waals surface area contributed by atoms with E-state index in [4.69, 9.17) is 4.74 Å². The van der Waals surface area contributed by atoms with Gasteiger partial charge in [0.05, 0.1) is 12.7 Å². The molecular formula is C15H19FO2. The Morgan fingerprint density at radius 3 is 2.50 bits per heavy atom. The molecule has 3 heteroatoms. The Morgan fingerprint density at radius 1 is 1.17 bits per heavy atom. The maximum absolute atomic E-state index is 12.7. The Kier molecular flexibility index (Phi) is 4.88. The van der Waals surface area contributed by atoms with Gasteiger partial charge in [-0.3, -0.25) is 4.79 Å². The molecule has 0 N–H and O–H groups in total. The van der Waals surface area contributed by atoms with Gasteiger partial charge >= 0.3 is 0 Å². The molecule has 0 saturated heterocycles. The van der Waals surface area contributed by atoms with Crippen LogP contribution in [-0.2, 0) is 4.74 Å². The van der Waals surface area contributed by atoms with E-state index in [9.17, 15) is 9.18 Å². The van der Waals surface area contributed by atoms with Crippen molar-refractivity contribution in [2.75, 3.05) is 6.61 Å². The van der Waals surface area contributed by atoms with E-state index in [1.807, 2.05) is 0 Å². The van der Waals surface area contributed by atoms with Crippen molar-refractivity contribution in [2.45, 2.75) is 44.6 Å². The number of ether oxygens (including phenoxy) is 1. The Hall–Kier alpha value is -1.22. The van der Waals surface area contributed by atoms with Crippen LogP contribution < -0.4 is 0 Å². The molecule has 0 amide bonds. The summed E-state index contributed by atoms with van der Waals surface area (Å²) < 4.78 is 18.4. The highest BCUT2D eigenvalue weighted by molar-refractivity contribution is 5.96. The smallest absolute Gasteiger partial charge is 0.165 e. The minimum absolute atomic E-state index is 0.0193. The van der Waals surface area contributed by atoms with Crippen molar-refractivity contribution >= 4 is 5.78 Å². The van der Waals surface area contributed by atoms with Gasteiger partial charge in [0, 0.05) is 12.0 Å². The normalized spacial score (nSPS) is 16.7. The van der Waals surface area contributed by atoms with Crippen LogP contribution in [0.5, 0.6) is 0 Å². The number of ketones is 1. The molecule has 0 atom stereocenters. The second-order valence-electron chi connectivity index (χ2n) is 4.81. The Morgan fingerprint density at radius 2 is 1.83 bits per heavy atom. The Balaban J connectivity index is 1.72. The van der Waals surface area contributed by atoms with E-state index in [0.29, 0.717) is 24.7 Å². The van der Waals surface area contributed by atoms with Crippen LogP contribution in [-0.4, -0.2) is 18.5 Å². The minimum Gasteiger partial charge on any atom is -0.378 e. The number of rotatable bonds is 5. The number of carbonyl (C=O) groups is 1. The van der Waals surface area contributed by atoms with E-state index >= 15 is 0 Å². The number of Topliss-reactive ketones (excluding diaryl/α,β-unsaturated/α-hetero) is 1. The van der Waals surface area contributed by atoms with Crippen LogP contribution in [0.3, 0.4) is 0 Å². The second-order valence-corrected chi connectivity index (χ2v) is 4.81. The molecule has 18 heavy (non-hydrogen) atoms. The van der Waals surface area contributed by atoms with Crippen LogP contribution in [0.4, 0.5) is 4.39 Å². The van der Waals surface area contributed by atoms with Gasteiger partial charge < -0.3 is 4.74 Å². The maximum atomic E-state index is 12.7. The summed E-state index contributed by atoms with van der Waals surface area (Å²) in [5, 5.41) is 0. The average molecular weight is 250 g/mol. The van der Waals surface area contributed by atoms with Gasteiger partial charge in [0.1, 0.15) is 5.82 Å². The summed E-state index contributed by atoms with van der Waals surface area (Å²) in [6.07, 6.45) is 6.71. The van der Waals surface area contributed by atoms with Gasteiger partial charge in [0.2, 0.25) is 0 Å². The topological polar surface area (TPSA) is 26.3 Å². The highest BCUT2D eigenvalue weighted by Crippen LogP contribution is 2.20. The Labute approximate surface area is 107 Å². The predicted octanol–water partition coefficient (Wildman–Crippen LogP) is 3.75. The highest BCUT2D eigenvalue weighted by Gasteiger charge is 2.14. The summed E-state index contributed by atoms with van der Waals surface area (Å²) in [6.45, 7) is 0.473. The largest absolute Gasteiger partial charge is 0.378 e. The third-order valence-corrected chi connectivity index (χ3v) is 3.40. The highest BCUT2D eigenvalue weighted by atomic mass is 19.1. The predicted molar refractivity (Wildman–Crippen MR) is 68.2 cm³/mol. The molecule has 2 rings (SSSR count). The van der Waals surface area contributed by atoms with E-state index in [2.05, 4.69) is 0 Å². The molecule has 98 valence electrons. The van der Waals surface area contributed by atoms with Crippen molar-refractivity contribution in [2.24, 2.45) is 0 Å². The quantitative estimate of drug-likeness (QED) is 0.744. The summed E-state index contributed by atoms with van der Waals surface area (Å²) in [6, 6.07) is 5.68. The second kappa shape index (κ2) is 6.64. The van der Waals surface area contributed by atoms with Gasteiger partial charge in [-0.1, -0.05) is 19.3 Å². The molecule has 2 nitrogen and oxygen atoms in total. The molecule has 1 aromatic carbocycles. The lowest BCUT2D eigenvalue weighted by Gasteiger charge is -2.21. The monoisotopic (exact) mass is 250 g/mol. The zero-order valence-corrected chi connectivity index (χ0v) is 10.5. The number of carbonyl (C=O) groups excluding carboxylic acids is 1. The summed E-state index contributed by atoms with van der Waals surface area (Å²) in [5.74, 6) is -0.296. The summed E-state index contributed by atoms with van der Waals surface area (Å²) in [7, 11) is 0. The lowest BCUT2D eigenvalue weighted by atomic mass is 9.98. The van der Waals surface area contributed by atoms with Gasteiger partial charge in [-0.2, -0.15) is 0 Å². The molecule has 0 aliphatic heterocycles. The summed E-state index contributed by atoms with van der Waals surface area (Å²) >= 11 is 0. The van der Waals surface area contributed by atoms with Crippen LogP contribution in [0.2, 0.25) is 0 Å². The molecule has 0 radical (unpaired) electrons. The first kappa shape index (κ1) is 13.2. The molecule has 1 aromatic rings. The van der Waals surface area contributed by atoms with E-state index in [0.717, 1.165) is 12.8 Å². The van der Waals surface area contributed by atoms with E-state index < -0.39 is 0 Å². The molecule has 0 heterocycles. The van der Waals surface area contributed by atoms with Gasteiger partial charge in [-0.25, -0.2) is 4.39 Å². The zero-order valence-electron chi connectivity index (χ0n) is 10.5. The first-order chi connectivity index (χ1) is 8.75. The van der Waals surface area contributed by atoms with Crippen molar-refractivity contribution < 1.29 is 13.9 Å². The third kappa shape index (κ3) is 3.91. The maximum Gasteiger partial charge on any atom is 0.165 e. The van der Waals surface area contributed by atoms with Crippen molar-refractivity contribution in [3.63, 3.8) is 0 Å². The summed E-state index contributed by atoms with van der Waals surface area (Å²) in [4.78, 5) is 11.8. The van der Waals surface area contributed by atoms with Gasteiger partial charge in [-0.15, -0.1) is 0 Å². The lowest BCUT2D eigenvalue weighted by molar-refractivity contribution is 0.0272. The van der Waals surface area contributed by atoms with Gasteiger partial charge in [-0.05, 0) is 37.1 Å².